The molecular formula is C14H19N3. The largest absolute Gasteiger partial charge is 0.398 e. The summed E-state index contributed by atoms with van der Waals surface area (Å²) in [6.07, 6.45) is 3.63. The molecule has 1 aliphatic rings. The highest BCUT2D eigenvalue weighted by Gasteiger charge is 2.30. The van der Waals surface area contributed by atoms with Crippen molar-refractivity contribution in [2.45, 2.75) is 39.2 Å². The topological polar surface area (TPSA) is 61.8 Å². The first kappa shape index (κ1) is 11.8. The van der Waals surface area contributed by atoms with Crippen molar-refractivity contribution < 1.29 is 0 Å². The van der Waals surface area contributed by atoms with E-state index in [9.17, 15) is 0 Å². The first-order chi connectivity index (χ1) is 8.00. The maximum Gasteiger partial charge on any atom is 0.101 e. The van der Waals surface area contributed by atoms with Crippen molar-refractivity contribution in [3.63, 3.8) is 0 Å². The molecule has 1 atom stereocenters. The van der Waals surface area contributed by atoms with Crippen LogP contribution in [0, 0.1) is 16.7 Å². The summed E-state index contributed by atoms with van der Waals surface area (Å²) >= 11 is 0. The van der Waals surface area contributed by atoms with Crippen LogP contribution in [0.25, 0.3) is 0 Å². The Bertz CT molecular complexity index is 457. The third kappa shape index (κ3) is 2.71. The summed E-state index contributed by atoms with van der Waals surface area (Å²) in [7, 11) is 0. The summed E-state index contributed by atoms with van der Waals surface area (Å²) in [5.41, 5.74) is 8.23. The zero-order chi connectivity index (χ0) is 12.5. The molecule has 0 bridgehead atoms. The molecule has 3 nitrogen and oxygen atoms in total. The lowest BCUT2D eigenvalue weighted by Gasteiger charge is -2.18. The van der Waals surface area contributed by atoms with Crippen LogP contribution in [0.4, 0.5) is 11.4 Å². The number of hydrogen-bond donors (Lipinski definition) is 2. The second-order valence-electron chi connectivity index (χ2n) is 5.66. The highest BCUT2D eigenvalue weighted by atomic mass is 14.9. The van der Waals surface area contributed by atoms with Crippen molar-refractivity contribution in [3.8, 4) is 6.07 Å². The number of nitrogens with two attached hydrogens (primary N) is 1. The van der Waals surface area contributed by atoms with Crippen LogP contribution in [0.15, 0.2) is 18.2 Å². The van der Waals surface area contributed by atoms with E-state index in [1.54, 1.807) is 6.07 Å². The third-order valence-corrected chi connectivity index (χ3v) is 3.51. The average Bonchev–Trinajstić information content (AvgIpc) is 2.61. The maximum absolute atomic E-state index is 8.93. The van der Waals surface area contributed by atoms with E-state index in [-0.39, 0.29) is 0 Å². The molecular weight excluding hydrogens is 210 g/mol. The van der Waals surface area contributed by atoms with Crippen LogP contribution in [0.1, 0.15) is 38.7 Å². The number of benzene rings is 1. The highest BCUT2D eigenvalue weighted by Crippen LogP contribution is 2.38. The van der Waals surface area contributed by atoms with Gasteiger partial charge < -0.3 is 11.1 Å². The van der Waals surface area contributed by atoms with Crippen molar-refractivity contribution in [1.29, 1.82) is 5.26 Å². The van der Waals surface area contributed by atoms with Gasteiger partial charge in [-0.2, -0.15) is 5.26 Å². The zero-order valence-corrected chi connectivity index (χ0v) is 10.5. The number of nitrogens with one attached hydrogen (secondary N) is 1. The molecule has 1 aromatic rings. The van der Waals surface area contributed by atoms with Crippen LogP contribution in [-0.4, -0.2) is 6.04 Å². The van der Waals surface area contributed by atoms with Gasteiger partial charge in [0.1, 0.15) is 6.07 Å². The second-order valence-corrected chi connectivity index (χ2v) is 5.66. The summed E-state index contributed by atoms with van der Waals surface area (Å²) in [6, 6.07) is 8.20. The van der Waals surface area contributed by atoms with Crippen LogP contribution in [0.2, 0.25) is 0 Å². The minimum atomic E-state index is 0.434. The van der Waals surface area contributed by atoms with Crippen LogP contribution in [-0.2, 0) is 0 Å². The molecule has 1 saturated carbocycles. The molecule has 1 fully saturated rings. The van der Waals surface area contributed by atoms with E-state index < -0.39 is 0 Å². The Labute approximate surface area is 103 Å². The molecule has 3 heteroatoms. The molecule has 0 spiro atoms. The Morgan fingerprint density at radius 2 is 2.24 bits per heavy atom. The van der Waals surface area contributed by atoms with Crippen molar-refractivity contribution in [2.75, 3.05) is 11.1 Å². The van der Waals surface area contributed by atoms with Gasteiger partial charge in [-0.3, -0.25) is 0 Å². The monoisotopic (exact) mass is 229 g/mol. The Hall–Kier alpha value is -1.69. The molecule has 1 aromatic carbocycles. The van der Waals surface area contributed by atoms with Crippen molar-refractivity contribution >= 4 is 11.4 Å². The fourth-order valence-electron chi connectivity index (χ4n) is 2.54. The Morgan fingerprint density at radius 3 is 2.82 bits per heavy atom. The van der Waals surface area contributed by atoms with Crippen LogP contribution >= 0.6 is 0 Å². The van der Waals surface area contributed by atoms with E-state index in [1.165, 1.54) is 19.3 Å². The fraction of sp³-hybridized carbons (Fsp3) is 0.500. The molecule has 1 unspecified atom stereocenters. The van der Waals surface area contributed by atoms with Gasteiger partial charge in [-0.1, -0.05) is 13.8 Å². The number of rotatable bonds is 2. The molecule has 0 aromatic heterocycles. The first-order valence-corrected chi connectivity index (χ1v) is 6.06. The molecule has 0 aliphatic heterocycles. The molecule has 0 heterocycles. The minimum Gasteiger partial charge on any atom is -0.398 e. The Morgan fingerprint density at radius 1 is 1.47 bits per heavy atom. The number of anilines is 2. The van der Waals surface area contributed by atoms with E-state index in [2.05, 4.69) is 25.2 Å². The average molecular weight is 229 g/mol. The Balaban J connectivity index is 2.08. The lowest BCUT2D eigenvalue weighted by atomic mass is 9.92. The van der Waals surface area contributed by atoms with Crippen LogP contribution in [0.5, 0.6) is 0 Å². The highest BCUT2D eigenvalue weighted by molar-refractivity contribution is 5.62. The van der Waals surface area contributed by atoms with E-state index in [0.29, 0.717) is 22.7 Å². The smallest absolute Gasteiger partial charge is 0.101 e. The van der Waals surface area contributed by atoms with E-state index in [4.69, 9.17) is 11.0 Å². The maximum atomic E-state index is 8.93. The second kappa shape index (κ2) is 4.29. The lowest BCUT2D eigenvalue weighted by molar-refractivity contribution is 0.378. The van der Waals surface area contributed by atoms with Gasteiger partial charge in [-0.25, -0.2) is 0 Å². The van der Waals surface area contributed by atoms with Gasteiger partial charge in [0.15, 0.2) is 0 Å². The third-order valence-electron chi connectivity index (χ3n) is 3.51. The van der Waals surface area contributed by atoms with Crippen LogP contribution < -0.4 is 11.1 Å². The van der Waals surface area contributed by atoms with Crippen molar-refractivity contribution in [2.24, 2.45) is 5.41 Å². The van der Waals surface area contributed by atoms with E-state index >= 15 is 0 Å². The van der Waals surface area contributed by atoms with Gasteiger partial charge in [0.2, 0.25) is 0 Å². The minimum absolute atomic E-state index is 0.434. The molecule has 17 heavy (non-hydrogen) atoms. The van der Waals surface area contributed by atoms with Gasteiger partial charge >= 0.3 is 0 Å². The molecule has 1 aliphatic carbocycles. The lowest BCUT2D eigenvalue weighted by Crippen LogP contribution is -2.17. The molecule has 0 saturated heterocycles. The summed E-state index contributed by atoms with van der Waals surface area (Å²) in [6.45, 7) is 4.61. The summed E-state index contributed by atoms with van der Waals surface area (Å²) in [4.78, 5) is 0. The van der Waals surface area contributed by atoms with Crippen molar-refractivity contribution in [3.05, 3.63) is 23.8 Å². The van der Waals surface area contributed by atoms with Crippen molar-refractivity contribution in [1.82, 2.24) is 0 Å². The zero-order valence-electron chi connectivity index (χ0n) is 10.5. The predicted octanol–water partition coefficient (Wildman–Crippen LogP) is 3.13. The first-order valence-electron chi connectivity index (χ1n) is 6.06. The number of hydrogen-bond acceptors (Lipinski definition) is 3. The number of nitriles is 1. The predicted molar refractivity (Wildman–Crippen MR) is 70.6 cm³/mol. The summed E-state index contributed by atoms with van der Waals surface area (Å²) < 4.78 is 0. The molecule has 0 amide bonds. The van der Waals surface area contributed by atoms with Gasteiger partial charge in [0.25, 0.3) is 0 Å². The van der Waals surface area contributed by atoms with Crippen LogP contribution in [0.3, 0.4) is 0 Å². The quantitative estimate of drug-likeness (QED) is 0.766. The summed E-state index contributed by atoms with van der Waals surface area (Å²) in [5, 5.41) is 12.4. The van der Waals surface area contributed by atoms with Gasteiger partial charge in [0.05, 0.1) is 5.56 Å². The number of nitrogens with zero attached hydrogens (tertiary/aromatic N) is 1. The van der Waals surface area contributed by atoms with E-state index in [0.717, 1.165) is 5.69 Å². The van der Waals surface area contributed by atoms with Gasteiger partial charge in [-0.15, -0.1) is 0 Å². The van der Waals surface area contributed by atoms with Gasteiger partial charge in [-0.05, 0) is 42.9 Å². The summed E-state index contributed by atoms with van der Waals surface area (Å²) in [5.74, 6) is 0. The molecule has 2 rings (SSSR count). The molecule has 3 N–H and O–H groups in total. The Kier molecular flexibility index (Phi) is 2.97. The van der Waals surface area contributed by atoms with Gasteiger partial charge in [0, 0.05) is 17.4 Å². The fourth-order valence-corrected chi connectivity index (χ4v) is 2.54. The molecule has 0 radical (unpaired) electrons. The molecule has 90 valence electrons. The normalized spacial score (nSPS) is 22.1. The standard InChI is InChI=1S/C14H19N3/c1-14(2)6-5-12(8-14)17-11-3-4-13(16)10(7-11)9-15/h3-4,7,12,17H,5-6,8,16H2,1-2H3. The van der Waals surface area contributed by atoms with E-state index in [1.807, 2.05) is 12.1 Å². The number of nitrogen functional groups attached to an aromatic ring is 1. The SMILES string of the molecule is CC1(C)CCC(Nc2ccc(N)c(C#N)c2)C1.